The molecule has 1 aromatic carbocycles. The van der Waals surface area contributed by atoms with Gasteiger partial charge in [-0.25, -0.2) is 0 Å². The van der Waals surface area contributed by atoms with Crippen LogP contribution in [-0.2, 0) is 0 Å². The fraction of sp³-hybridized carbons (Fsp3) is 0.273. The van der Waals surface area contributed by atoms with Crippen molar-refractivity contribution in [1.29, 1.82) is 0 Å². The standard InChI is InChI=1S/C11H11F3O/c1-2-3-5-9-6-4-7-10(8-9)15-11(12,13)14/h3-8H,2H2,1H3. The van der Waals surface area contributed by atoms with Gasteiger partial charge < -0.3 is 4.74 Å². The molecule has 0 heterocycles. The Balaban J connectivity index is 2.79. The van der Waals surface area contributed by atoms with Crippen molar-refractivity contribution in [1.82, 2.24) is 0 Å². The van der Waals surface area contributed by atoms with Gasteiger partial charge in [0, 0.05) is 0 Å². The number of benzene rings is 1. The zero-order chi connectivity index (χ0) is 11.3. The van der Waals surface area contributed by atoms with Crippen LogP contribution in [0.1, 0.15) is 18.9 Å². The van der Waals surface area contributed by atoms with Crippen LogP contribution in [0.5, 0.6) is 5.75 Å². The molecule has 0 aliphatic rings. The summed E-state index contributed by atoms with van der Waals surface area (Å²) < 4.78 is 39.4. The molecule has 0 amide bonds. The smallest absolute Gasteiger partial charge is 0.406 e. The molecule has 1 rings (SSSR count). The van der Waals surface area contributed by atoms with E-state index in [1.807, 2.05) is 13.0 Å². The summed E-state index contributed by atoms with van der Waals surface area (Å²) in [5.74, 6) is -0.194. The average molecular weight is 216 g/mol. The van der Waals surface area contributed by atoms with Crippen LogP contribution < -0.4 is 4.74 Å². The van der Waals surface area contributed by atoms with Gasteiger partial charge >= 0.3 is 6.36 Å². The van der Waals surface area contributed by atoms with E-state index < -0.39 is 6.36 Å². The Bertz CT molecular complexity index is 342. The molecule has 0 aliphatic carbocycles. The van der Waals surface area contributed by atoms with E-state index in [4.69, 9.17) is 0 Å². The summed E-state index contributed by atoms with van der Waals surface area (Å²) in [7, 11) is 0. The van der Waals surface area contributed by atoms with Gasteiger partial charge in [-0.15, -0.1) is 13.2 Å². The van der Waals surface area contributed by atoms with Crippen molar-refractivity contribution in [3.05, 3.63) is 35.9 Å². The quantitative estimate of drug-likeness (QED) is 0.741. The fourth-order valence-electron chi connectivity index (χ4n) is 1.07. The van der Waals surface area contributed by atoms with E-state index in [9.17, 15) is 13.2 Å². The Morgan fingerprint density at radius 3 is 2.67 bits per heavy atom. The number of ether oxygens (including phenoxy) is 1. The van der Waals surface area contributed by atoms with Gasteiger partial charge in [0.15, 0.2) is 0 Å². The summed E-state index contributed by atoms with van der Waals surface area (Å²) in [5.41, 5.74) is 0.693. The number of halogens is 3. The first-order chi connectivity index (χ1) is 7.01. The Morgan fingerprint density at radius 2 is 2.07 bits per heavy atom. The number of rotatable bonds is 3. The SMILES string of the molecule is CCC=Cc1cccc(OC(F)(F)F)c1. The monoisotopic (exact) mass is 216 g/mol. The van der Waals surface area contributed by atoms with Crippen LogP contribution in [0.4, 0.5) is 13.2 Å². The van der Waals surface area contributed by atoms with Crippen molar-refractivity contribution < 1.29 is 17.9 Å². The van der Waals surface area contributed by atoms with Crippen LogP contribution in [0.2, 0.25) is 0 Å². The maximum atomic E-state index is 11.9. The highest BCUT2D eigenvalue weighted by atomic mass is 19.4. The summed E-state index contributed by atoms with van der Waals surface area (Å²) in [5, 5.41) is 0. The molecule has 1 aromatic rings. The van der Waals surface area contributed by atoms with Gasteiger partial charge in [-0.3, -0.25) is 0 Å². The molecule has 0 atom stereocenters. The summed E-state index contributed by atoms with van der Waals surface area (Å²) in [6.07, 6.45) is -0.173. The van der Waals surface area contributed by atoms with Gasteiger partial charge in [-0.2, -0.15) is 0 Å². The number of alkyl halides is 3. The molecule has 15 heavy (non-hydrogen) atoms. The maximum Gasteiger partial charge on any atom is 0.573 e. The minimum absolute atomic E-state index is 0.194. The van der Waals surface area contributed by atoms with Crippen molar-refractivity contribution in [2.24, 2.45) is 0 Å². The molecule has 0 spiro atoms. The minimum Gasteiger partial charge on any atom is -0.406 e. The molecule has 0 aromatic heterocycles. The van der Waals surface area contributed by atoms with E-state index in [1.165, 1.54) is 18.2 Å². The lowest BCUT2D eigenvalue weighted by Crippen LogP contribution is -2.17. The molecule has 0 N–H and O–H groups in total. The molecule has 82 valence electrons. The lowest BCUT2D eigenvalue weighted by molar-refractivity contribution is -0.274. The lowest BCUT2D eigenvalue weighted by atomic mass is 10.2. The Labute approximate surface area is 86.2 Å². The number of hydrogen-bond acceptors (Lipinski definition) is 1. The molecule has 0 saturated carbocycles. The van der Waals surface area contributed by atoms with Crippen molar-refractivity contribution in [3.8, 4) is 5.75 Å². The largest absolute Gasteiger partial charge is 0.573 e. The highest BCUT2D eigenvalue weighted by Crippen LogP contribution is 2.23. The molecule has 4 heteroatoms. The van der Waals surface area contributed by atoms with Crippen molar-refractivity contribution >= 4 is 6.08 Å². The summed E-state index contributed by atoms with van der Waals surface area (Å²) in [6, 6.07) is 5.86. The molecule has 0 saturated heterocycles. The molecule has 0 radical (unpaired) electrons. The fourth-order valence-corrected chi connectivity index (χ4v) is 1.07. The minimum atomic E-state index is -4.63. The van der Waals surface area contributed by atoms with E-state index in [0.29, 0.717) is 5.56 Å². The number of hydrogen-bond donors (Lipinski definition) is 0. The van der Waals surface area contributed by atoms with E-state index in [1.54, 1.807) is 12.1 Å². The van der Waals surface area contributed by atoms with Crippen LogP contribution >= 0.6 is 0 Å². The predicted octanol–water partition coefficient (Wildman–Crippen LogP) is 4.01. The molecular weight excluding hydrogens is 205 g/mol. The highest BCUT2D eigenvalue weighted by Gasteiger charge is 2.30. The third-order valence-corrected chi connectivity index (χ3v) is 1.64. The van der Waals surface area contributed by atoms with E-state index in [-0.39, 0.29) is 5.75 Å². The summed E-state index contributed by atoms with van der Waals surface area (Å²) >= 11 is 0. The first-order valence-electron chi connectivity index (χ1n) is 4.53. The molecule has 0 fully saturated rings. The Morgan fingerprint density at radius 1 is 1.33 bits per heavy atom. The molecule has 0 bridgehead atoms. The summed E-state index contributed by atoms with van der Waals surface area (Å²) in [4.78, 5) is 0. The van der Waals surface area contributed by atoms with E-state index in [0.717, 1.165) is 6.42 Å². The van der Waals surface area contributed by atoms with Gasteiger partial charge in [-0.05, 0) is 24.1 Å². The third kappa shape index (κ3) is 4.54. The van der Waals surface area contributed by atoms with Crippen LogP contribution in [0.25, 0.3) is 6.08 Å². The Kier molecular flexibility index (Phi) is 3.77. The van der Waals surface area contributed by atoms with Crippen LogP contribution in [0, 0.1) is 0 Å². The van der Waals surface area contributed by atoms with Gasteiger partial charge in [-0.1, -0.05) is 31.2 Å². The van der Waals surface area contributed by atoms with Gasteiger partial charge in [0.05, 0.1) is 0 Å². The maximum absolute atomic E-state index is 11.9. The van der Waals surface area contributed by atoms with Gasteiger partial charge in [0.2, 0.25) is 0 Å². The normalized spacial score (nSPS) is 12.0. The van der Waals surface area contributed by atoms with E-state index >= 15 is 0 Å². The average Bonchev–Trinajstić information content (AvgIpc) is 2.12. The second-order valence-electron chi connectivity index (χ2n) is 2.93. The first-order valence-corrected chi connectivity index (χ1v) is 4.53. The molecule has 0 aliphatic heterocycles. The molecule has 1 nitrogen and oxygen atoms in total. The zero-order valence-corrected chi connectivity index (χ0v) is 8.21. The molecular formula is C11H11F3O. The second-order valence-corrected chi connectivity index (χ2v) is 2.93. The highest BCUT2D eigenvalue weighted by molar-refractivity contribution is 5.51. The topological polar surface area (TPSA) is 9.23 Å². The van der Waals surface area contributed by atoms with Crippen molar-refractivity contribution in [3.63, 3.8) is 0 Å². The van der Waals surface area contributed by atoms with Gasteiger partial charge in [0.25, 0.3) is 0 Å². The lowest BCUT2D eigenvalue weighted by Gasteiger charge is -2.08. The van der Waals surface area contributed by atoms with Gasteiger partial charge in [0.1, 0.15) is 5.75 Å². The first kappa shape index (κ1) is 11.6. The van der Waals surface area contributed by atoms with Crippen molar-refractivity contribution in [2.45, 2.75) is 19.7 Å². The Hall–Kier alpha value is -1.45. The van der Waals surface area contributed by atoms with E-state index in [2.05, 4.69) is 4.74 Å². The predicted molar refractivity (Wildman–Crippen MR) is 52.5 cm³/mol. The van der Waals surface area contributed by atoms with Crippen LogP contribution in [0.15, 0.2) is 30.3 Å². The second kappa shape index (κ2) is 4.87. The third-order valence-electron chi connectivity index (χ3n) is 1.64. The van der Waals surface area contributed by atoms with Crippen LogP contribution in [-0.4, -0.2) is 6.36 Å². The van der Waals surface area contributed by atoms with Crippen LogP contribution in [0.3, 0.4) is 0 Å². The zero-order valence-electron chi connectivity index (χ0n) is 8.21. The molecule has 0 unspecified atom stereocenters. The van der Waals surface area contributed by atoms with Crippen molar-refractivity contribution in [2.75, 3.05) is 0 Å². The number of allylic oxidation sites excluding steroid dienone is 1. The summed E-state index contributed by atoms with van der Waals surface area (Å²) in [6.45, 7) is 1.95.